The topological polar surface area (TPSA) is 74.8 Å². The minimum atomic E-state index is -4.71. The molecule has 7 nitrogen and oxygen atoms in total. The van der Waals surface area contributed by atoms with Crippen molar-refractivity contribution in [3.8, 4) is 0 Å². The van der Waals surface area contributed by atoms with Gasteiger partial charge in [-0.3, -0.25) is 9.78 Å². The van der Waals surface area contributed by atoms with E-state index >= 15 is 0 Å². The SMILES string of the molecule is CN(C(=O)C1CCN(C(=O)OC(C)(C)C)CC1)[C@@H](c1ccc(N[C@H]2Cc3ccccc3C2(C)C)cn1)C(F)(F)F. The summed E-state index contributed by atoms with van der Waals surface area (Å²) >= 11 is 0. The normalized spacial score (nSPS) is 20.0. The molecule has 4 rings (SSSR count). The van der Waals surface area contributed by atoms with Crippen LogP contribution in [-0.4, -0.2) is 64.7 Å². The number of nitrogens with zero attached hydrogens (tertiary/aromatic N) is 3. The molecule has 0 bridgehead atoms. The number of rotatable bonds is 5. The van der Waals surface area contributed by atoms with Gasteiger partial charge in [0.05, 0.1) is 17.6 Å². The lowest BCUT2D eigenvalue weighted by molar-refractivity contribution is -0.191. The summed E-state index contributed by atoms with van der Waals surface area (Å²) in [4.78, 5) is 31.9. The Kier molecular flexibility index (Phi) is 8.11. The number of likely N-dealkylation sites (tertiary alicyclic amines) is 1. The highest BCUT2D eigenvalue weighted by molar-refractivity contribution is 5.79. The summed E-state index contributed by atoms with van der Waals surface area (Å²) in [6.07, 6.45) is -2.45. The standard InChI is InChI=1S/C30H39F3N4O3/c1-28(2,3)40-27(39)37-15-13-19(14-16-37)26(38)36(6)25(30(31,32)33)23-12-11-21(18-34-23)35-24-17-20-9-7-8-10-22(20)29(24,4)5/h7-12,18-19,24-25,35H,13-17H2,1-6H3/t24-,25-/m0/s1. The molecule has 1 aliphatic heterocycles. The number of fused-ring (bicyclic) bond motifs is 1. The molecule has 0 radical (unpaired) electrons. The smallest absolute Gasteiger partial charge is 0.414 e. The van der Waals surface area contributed by atoms with Crippen molar-refractivity contribution in [1.29, 1.82) is 0 Å². The first kappa shape index (κ1) is 29.7. The predicted molar refractivity (Wildman–Crippen MR) is 147 cm³/mol. The number of nitrogens with one attached hydrogen (secondary N) is 1. The third-order valence-electron chi connectivity index (χ3n) is 7.96. The van der Waals surface area contributed by atoms with Crippen LogP contribution in [0.3, 0.4) is 0 Å². The predicted octanol–water partition coefficient (Wildman–Crippen LogP) is 6.10. The number of hydrogen-bond donors (Lipinski definition) is 1. The fourth-order valence-electron chi connectivity index (χ4n) is 5.71. The van der Waals surface area contributed by atoms with Crippen LogP contribution in [0.25, 0.3) is 0 Å². The maximum absolute atomic E-state index is 14.3. The zero-order chi connectivity index (χ0) is 29.5. The van der Waals surface area contributed by atoms with E-state index < -0.39 is 35.7 Å². The summed E-state index contributed by atoms with van der Waals surface area (Å²) < 4.78 is 48.2. The first-order chi connectivity index (χ1) is 18.6. The number of aromatic nitrogens is 1. The fourth-order valence-corrected chi connectivity index (χ4v) is 5.71. The number of hydrogen-bond acceptors (Lipinski definition) is 5. The molecule has 2 aromatic rings. The summed E-state index contributed by atoms with van der Waals surface area (Å²) in [6.45, 7) is 10.1. The van der Waals surface area contributed by atoms with Crippen molar-refractivity contribution in [1.82, 2.24) is 14.8 Å². The Morgan fingerprint density at radius 2 is 1.75 bits per heavy atom. The minimum absolute atomic E-state index is 0.0618. The summed E-state index contributed by atoms with van der Waals surface area (Å²) in [6, 6.07) is 9.05. The largest absolute Gasteiger partial charge is 0.444 e. The van der Waals surface area contributed by atoms with Crippen molar-refractivity contribution in [2.45, 2.75) is 83.2 Å². The van der Waals surface area contributed by atoms with Gasteiger partial charge in [-0.25, -0.2) is 4.79 Å². The minimum Gasteiger partial charge on any atom is -0.444 e. The Labute approximate surface area is 234 Å². The quantitative estimate of drug-likeness (QED) is 0.478. The Morgan fingerprint density at radius 3 is 2.30 bits per heavy atom. The number of benzene rings is 1. The Hall–Kier alpha value is -3.30. The van der Waals surface area contributed by atoms with Crippen LogP contribution < -0.4 is 5.32 Å². The second-order valence-corrected chi connectivity index (χ2v) is 12.4. The van der Waals surface area contributed by atoms with E-state index in [0.29, 0.717) is 5.69 Å². The van der Waals surface area contributed by atoms with Crippen LogP contribution >= 0.6 is 0 Å². The van der Waals surface area contributed by atoms with Crippen LogP contribution in [0.1, 0.15) is 70.3 Å². The number of pyridine rings is 1. The molecule has 1 aromatic carbocycles. The Balaban J connectivity index is 1.42. The third-order valence-corrected chi connectivity index (χ3v) is 7.96. The molecule has 2 aliphatic rings. The van der Waals surface area contributed by atoms with Crippen molar-refractivity contribution in [2.24, 2.45) is 5.92 Å². The molecule has 0 saturated carbocycles. The molecule has 1 fully saturated rings. The monoisotopic (exact) mass is 560 g/mol. The average Bonchev–Trinajstić information content (AvgIpc) is 3.12. The van der Waals surface area contributed by atoms with Gasteiger partial charge in [-0.05, 0) is 63.3 Å². The molecule has 218 valence electrons. The van der Waals surface area contributed by atoms with Crippen molar-refractivity contribution in [2.75, 3.05) is 25.5 Å². The van der Waals surface area contributed by atoms with Gasteiger partial charge in [0.1, 0.15) is 5.60 Å². The molecule has 1 N–H and O–H groups in total. The van der Waals surface area contributed by atoms with E-state index in [4.69, 9.17) is 4.74 Å². The first-order valence-corrected chi connectivity index (χ1v) is 13.7. The molecule has 0 unspecified atom stereocenters. The molecule has 1 saturated heterocycles. The molecule has 2 amide bonds. The van der Waals surface area contributed by atoms with Crippen molar-refractivity contribution >= 4 is 17.7 Å². The molecule has 2 atom stereocenters. The van der Waals surface area contributed by atoms with Gasteiger partial charge in [-0.2, -0.15) is 13.2 Å². The molecular formula is C30H39F3N4O3. The van der Waals surface area contributed by atoms with E-state index in [1.165, 1.54) is 35.3 Å². The van der Waals surface area contributed by atoms with E-state index in [2.05, 4.69) is 36.3 Å². The molecule has 40 heavy (non-hydrogen) atoms. The van der Waals surface area contributed by atoms with E-state index in [1.807, 2.05) is 12.1 Å². The van der Waals surface area contributed by atoms with E-state index in [9.17, 15) is 22.8 Å². The lowest BCUT2D eigenvalue weighted by Gasteiger charge is -2.36. The van der Waals surface area contributed by atoms with Gasteiger partial charge >= 0.3 is 12.3 Å². The van der Waals surface area contributed by atoms with Crippen molar-refractivity contribution in [3.05, 3.63) is 59.4 Å². The lowest BCUT2D eigenvalue weighted by Crippen LogP contribution is -2.47. The summed E-state index contributed by atoms with van der Waals surface area (Å²) in [5.41, 5.74) is 2.08. The van der Waals surface area contributed by atoms with Crippen LogP contribution in [0.2, 0.25) is 0 Å². The number of amides is 2. The highest BCUT2D eigenvalue weighted by Crippen LogP contribution is 2.41. The van der Waals surface area contributed by atoms with E-state index in [-0.39, 0.29) is 43.1 Å². The molecule has 0 spiro atoms. The summed E-state index contributed by atoms with van der Waals surface area (Å²) in [5, 5.41) is 3.45. The van der Waals surface area contributed by atoms with Crippen LogP contribution in [0.4, 0.5) is 23.7 Å². The van der Waals surface area contributed by atoms with Gasteiger partial charge in [0.15, 0.2) is 6.04 Å². The van der Waals surface area contributed by atoms with Crippen molar-refractivity contribution < 1.29 is 27.5 Å². The molecule has 10 heteroatoms. The van der Waals surface area contributed by atoms with E-state index in [0.717, 1.165) is 11.3 Å². The highest BCUT2D eigenvalue weighted by atomic mass is 19.4. The second-order valence-electron chi connectivity index (χ2n) is 12.4. The van der Waals surface area contributed by atoms with E-state index in [1.54, 1.807) is 26.8 Å². The van der Waals surface area contributed by atoms with Crippen LogP contribution in [-0.2, 0) is 21.4 Å². The maximum Gasteiger partial charge on any atom is 0.414 e. The Morgan fingerprint density at radius 1 is 1.10 bits per heavy atom. The molecule has 1 aromatic heterocycles. The van der Waals surface area contributed by atoms with Crippen molar-refractivity contribution in [3.63, 3.8) is 0 Å². The van der Waals surface area contributed by atoms with Gasteiger partial charge in [-0.1, -0.05) is 38.1 Å². The first-order valence-electron chi connectivity index (χ1n) is 13.7. The van der Waals surface area contributed by atoms with Crippen LogP contribution in [0.15, 0.2) is 42.6 Å². The van der Waals surface area contributed by atoms with Crippen LogP contribution in [0.5, 0.6) is 0 Å². The molecule has 1 aliphatic carbocycles. The number of carbonyl (C=O) groups excluding carboxylic acids is 2. The number of carbonyl (C=O) groups is 2. The lowest BCUT2D eigenvalue weighted by atomic mass is 9.83. The number of halogens is 3. The highest BCUT2D eigenvalue weighted by Gasteiger charge is 2.47. The summed E-state index contributed by atoms with van der Waals surface area (Å²) in [5.74, 6) is -1.23. The molecule has 2 heterocycles. The Bertz CT molecular complexity index is 1220. The number of ether oxygens (including phenoxy) is 1. The van der Waals surface area contributed by atoms with Gasteiger partial charge < -0.3 is 19.9 Å². The van der Waals surface area contributed by atoms with Gasteiger partial charge in [0.25, 0.3) is 0 Å². The second kappa shape index (κ2) is 10.9. The molecular weight excluding hydrogens is 521 g/mol. The number of piperidine rings is 1. The van der Waals surface area contributed by atoms with Gasteiger partial charge in [0.2, 0.25) is 5.91 Å². The number of anilines is 1. The van der Waals surface area contributed by atoms with Gasteiger partial charge in [-0.15, -0.1) is 0 Å². The van der Waals surface area contributed by atoms with Crippen LogP contribution in [0, 0.1) is 5.92 Å². The fraction of sp³-hybridized carbons (Fsp3) is 0.567. The third kappa shape index (κ3) is 6.36. The van der Waals surface area contributed by atoms with Gasteiger partial charge in [0, 0.05) is 37.5 Å². The maximum atomic E-state index is 14.3. The summed E-state index contributed by atoms with van der Waals surface area (Å²) in [7, 11) is 1.17. The zero-order valence-corrected chi connectivity index (χ0v) is 24.0. The number of alkyl halides is 3. The zero-order valence-electron chi connectivity index (χ0n) is 24.0. The average molecular weight is 561 g/mol.